The number of hydrogen-bond acceptors (Lipinski definition) is 0. The number of aromatic nitrogens is 2. The zero-order chi connectivity index (χ0) is 18.1. The van der Waals surface area contributed by atoms with E-state index < -0.39 is 0 Å². The molecule has 0 aliphatic heterocycles. The third kappa shape index (κ3) is 3.13. The summed E-state index contributed by atoms with van der Waals surface area (Å²) in [4.78, 5) is 0. The maximum Gasteiger partial charge on any atom is 0.294 e. The van der Waals surface area contributed by atoms with E-state index in [4.69, 9.17) is 0 Å². The molecule has 0 saturated heterocycles. The second kappa shape index (κ2) is 6.87. The molecule has 0 bridgehead atoms. The van der Waals surface area contributed by atoms with Gasteiger partial charge in [0, 0.05) is 18.1 Å². The Morgan fingerprint density at radius 2 is 1.36 bits per heavy atom. The summed E-state index contributed by atoms with van der Waals surface area (Å²) < 4.78 is 4.69. The number of aryl methyl sites for hydroxylation is 1. The van der Waals surface area contributed by atoms with Crippen molar-refractivity contribution in [3.8, 4) is 17.1 Å². The summed E-state index contributed by atoms with van der Waals surface area (Å²) in [5, 5.41) is 0. The van der Waals surface area contributed by atoms with Gasteiger partial charge in [-0.2, -0.15) is 4.57 Å². The second-order valence-corrected chi connectivity index (χ2v) is 7.48. The lowest BCUT2D eigenvalue weighted by Crippen LogP contribution is -2.35. The maximum atomic E-state index is 2.40. The van der Waals surface area contributed by atoms with E-state index in [1.165, 1.54) is 33.9 Å². The Bertz CT molecular complexity index is 844. The van der Waals surface area contributed by atoms with Crippen LogP contribution in [0.5, 0.6) is 0 Å². The average molecular weight is 333 g/mol. The van der Waals surface area contributed by atoms with Crippen LogP contribution in [0, 0.1) is 6.92 Å². The van der Waals surface area contributed by atoms with Crippen LogP contribution in [0.2, 0.25) is 0 Å². The molecule has 1 aromatic heterocycles. The highest BCUT2D eigenvalue weighted by molar-refractivity contribution is 5.55. The Morgan fingerprint density at radius 3 is 1.88 bits per heavy atom. The molecule has 1 heterocycles. The van der Waals surface area contributed by atoms with Crippen LogP contribution in [-0.2, 0) is 7.05 Å². The first-order valence-electron chi connectivity index (χ1n) is 9.18. The quantitative estimate of drug-likeness (QED) is 0.556. The SMILES string of the molecule is Cc1c[n+](-c2c(C(C)C)cccc2C(C)C)c(-c2ccccc2)n1C. The highest BCUT2D eigenvalue weighted by Crippen LogP contribution is 2.30. The van der Waals surface area contributed by atoms with E-state index in [2.05, 4.69) is 106 Å². The van der Waals surface area contributed by atoms with Crippen LogP contribution in [0.1, 0.15) is 56.4 Å². The van der Waals surface area contributed by atoms with Crippen LogP contribution in [-0.4, -0.2) is 4.57 Å². The highest BCUT2D eigenvalue weighted by atomic mass is 15.2. The number of rotatable bonds is 4. The monoisotopic (exact) mass is 333 g/mol. The van der Waals surface area contributed by atoms with E-state index in [1.807, 2.05) is 0 Å². The minimum Gasteiger partial charge on any atom is -0.230 e. The Labute approximate surface area is 151 Å². The molecule has 2 aromatic carbocycles. The molecular weight excluding hydrogens is 304 g/mol. The molecule has 0 aliphatic carbocycles. The van der Waals surface area contributed by atoms with E-state index in [1.54, 1.807) is 0 Å². The number of hydrogen-bond donors (Lipinski definition) is 0. The Kier molecular flexibility index (Phi) is 4.80. The molecule has 0 amide bonds. The normalized spacial score (nSPS) is 11.5. The zero-order valence-electron chi connectivity index (χ0n) is 16.2. The largest absolute Gasteiger partial charge is 0.294 e. The minimum absolute atomic E-state index is 0.477. The first kappa shape index (κ1) is 17.5. The molecule has 2 nitrogen and oxygen atoms in total. The van der Waals surface area contributed by atoms with Gasteiger partial charge in [0.15, 0.2) is 0 Å². The summed E-state index contributed by atoms with van der Waals surface area (Å²) in [6, 6.07) is 17.4. The van der Waals surface area contributed by atoms with Crippen LogP contribution in [0.4, 0.5) is 0 Å². The van der Waals surface area contributed by atoms with Gasteiger partial charge < -0.3 is 0 Å². The van der Waals surface area contributed by atoms with Crippen molar-refractivity contribution in [1.82, 2.24) is 4.57 Å². The molecule has 0 atom stereocenters. The molecule has 0 N–H and O–H groups in total. The lowest BCUT2D eigenvalue weighted by molar-refractivity contribution is -0.584. The van der Waals surface area contributed by atoms with Gasteiger partial charge in [-0.25, -0.2) is 4.57 Å². The lowest BCUT2D eigenvalue weighted by Gasteiger charge is -2.17. The predicted octanol–water partition coefficient (Wildman–Crippen LogP) is 5.52. The average Bonchev–Trinajstić information content (AvgIpc) is 2.89. The minimum atomic E-state index is 0.477. The third-order valence-corrected chi connectivity index (χ3v) is 5.01. The van der Waals surface area contributed by atoms with Crippen molar-refractivity contribution in [3.05, 3.63) is 71.5 Å². The van der Waals surface area contributed by atoms with Crippen LogP contribution in [0.25, 0.3) is 17.1 Å². The highest BCUT2D eigenvalue weighted by Gasteiger charge is 2.27. The number of benzene rings is 2. The molecule has 2 heteroatoms. The van der Waals surface area contributed by atoms with Crippen molar-refractivity contribution in [1.29, 1.82) is 0 Å². The van der Waals surface area contributed by atoms with E-state index in [9.17, 15) is 0 Å². The third-order valence-electron chi connectivity index (χ3n) is 5.01. The Hall–Kier alpha value is -2.35. The van der Waals surface area contributed by atoms with E-state index in [0.717, 1.165) is 0 Å². The van der Waals surface area contributed by atoms with Crippen molar-refractivity contribution >= 4 is 0 Å². The summed E-state index contributed by atoms with van der Waals surface area (Å²) in [7, 11) is 2.15. The van der Waals surface area contributed by atoms with Gasteiger partial charge in [-0.1, -0.05) is 64.1 Å². The fourth-order valence-corrected chi connectivity index (χ4v) is 3.54. The van der Waals surface area contributed by atoms with Crippen LogP contribution < -0.4 is 4.57 Å². The molecule has 0 aliphatic rings. The van der Waals surface area contributed by atoms with Gasteiger partial charge >= 0.3 is 0 Å². The van der Waals surface area contributed by atoms with Crippen molar-refractivity contribution in [2.24, 2.45) is 7.05 Å². The summed E-state index contributed by atoms with van der Waals surface area (Å²) in [5.74, 6) is 2.18. The van der Waals surface area contributed by atoms with Crippen molar-refractivity contribution in [2.75, 3.05) is 0 Å². The van der Waals surface area contributed by atoms with Gasteiger partial charge in [0.25, 0.3) is 5.82 Å². The van der Waals surface area contributed by atoms with Crippen LogP contribution >= 0.6 is 0 Å². The van der Waals surface area contributed by atoms with Gasteiger partial charge in [-0.15, -0.1) is 0 Å². The maximum absolute atomic E-state index is 2.40. The van der Waals surface area contributed by atoms with E-state index in [0.29, 0.717) is 11.8 Å². The van der Waals surface area contributed by atoms with Crippen molar-refractivity contribution < 1.29 is 4.57 Å². The zero-order valence-corrected chi connectivity index (χ0v) is 16.2. The smallest absolute Gasteiger partial charge is 0.230 e. The Balaban J connectivity index is 2.37. The van der Waals surface area contributed by atoms with E-state index in [-0.39, 0.29) is 0 Å². The lowest BCUT2D eigenvalue weighted by atomic mass is 9.92. The summed E-state index contributed by atoms with van der Waals surface area (Å²) in [6.45, 7) is 11.3. The summed E-state index contributed by atoms with van der Waals surface area (Å²) in [6.07, 6.45) is 2.27. The molecule has 0 fully saturated rings. The molecule has 3 aromatic rings. The number of para-hydroxylation sites is 1. The van der Waals surface area contributed by atoms with Crippen LogP contribution in [0.15, 0.2) is 54.7 Å². The summed E-state index contributed by atoms with van der Waals surface area (Å²) in [5.41, 5.74) is 6.64. The van der Waals surface area contributed by atoms with Gasteiger partial charge in [-0.05, 0) is 24.0 Å². The first-order chi connectivity index (χ1) is 11.9. The molecule has 25 heavy (non-hydrogen) atoms. The fourth-order valence-electron chi connectivity index (χ4n) is 3.54. The molecular formula is C23H29N2+. The fraction of sp³-hybridized carbons (Fsp3) is 0.348. The van der Waals surface area contributed by atoms with E-state index >= 15 is 0 Å². The second-order valence-electron chi connectivity index (χ2n) is 7.48. The molecule has 0 radical (unpaired) electrons. The summed E-state index contributed by atoms with van der Waals surface area (Å²) >= 11 is 0. The predicted molar refractivity (Wildman–Crippen MR) is 105 cm³/mol. The van der Waals surface area contributed by atoms with Gasteiger partial charge in [-0.3, -0.25) is 0 Å². The number of nitrogens with zero attached hydrogens (tertiary/aromatic N) is 2. The van der Waals surface area contributed by atoms with Crippen molar-refractivity contribution in [3.63, 3.8) is 0 Å². The number of imidazole rings is 1. The van der Waals surface area contributed by atoms with Crippen LogP contribution in [0.3, 0.4) is 0 Å². The molecule has 3 rings (SSSR count). The molecule has 0 saturated carbocycles. The van der Waals surface area contributed by atoms with Gasteiger partial charge in [0.1, 0.15) is 17.6 Å². The van der Waals surface area contributed by atoms with Gasteiger partial charge in [0.2, 0.25) is 0 Å². The topological polar surface area (TPSA) is 8.81 Å². The Morgan fingerprint density at radius 1 is 0.800 bits per heavy atom. The molecule has 0 spiro atoms. The molecule has 130 valence electrons. The standard InChI is InChI=1S/C23H29N2/c1-16(2)20-13-10-14-21(17(3)4)22(20)25-15-18(5)24(6)23(25)19-11-8-7-9-12-19/h7-17H,1-6H3/q+1. The molecule has 0 unspecified atom stereocenters. The first-order valence-corrected chi connectivity index (χ1v) is 9.18. The van der Waals surface area contributed by atoms with Crippen molar-refractivity contribution in [2.45, 2.75) is 46.5 Å². The van der Waals surface area contributed by atoms with Gasteiger partial charge in [0.05, 0.1) is 12.6 Å².